The van der Waals surface area contributed by atoms with Gasteiger partial charge in [-0.1, -0.05) is 0 Å². The number of carbonyl (C=O) groups is 2. The van der Waals surface area contributed by atoms with E-state index in [4.69, 9.17) is 15.2 Å². The van der Waals surface area contributed by atoms with Crippen LogP contribution in [0, 0.1) is 5.82 Å². The predicted molar refractivity (Wildman–Crippen MR) is 89.1 cm³/mol. The number of aromatic nitrogens is 1. The Hall–Kier alpha value is -3.16. The summed E-state index contributed by atoms with van der Waals surface area (Å²) in [5.41, 5.74) is 4.43. The van der Waals surface area contributed by atoms with Gasteiger partial charge in [-0.3, -0.25) is 15.1 Å². The van der Waals surface area contributed by atoms with Crippen LogP contribution in [0.15, 0.2) is 36.5 Å². The number of rotatable bonds is 4. The summed E-state index contributed by atoms with van der Waals surface area (Å²) < 4.78 is 24.6. The van der Waals surface area contributed by atoms with E-state index in [9.17, 15) is 14.0 Å². The average molecular weight is 347 g/mol. The number of hydrogen-bond acceptors (Lipinski definition) is 5. The lowest BCUT2D eigenvalue weighted by molar-refractivity contribution is 0.0635. The van der Waals surface area contributed by atoms with Gasteiger partial charge in [0.05, 0.1) is 5.69 Å². The summed E-state index contributed by atoms with van der Waals surface area (Å²) in [5, 5.41) is 2.32. The molecule has 1 heterocycles. The van der Waals surface area contributed by atoms with E-state index in [1.807, 2.05) is 0 Å². The van der Waals surface area contributed by atoms with Crippen LogP contribution in [0.2, 0.25) is 0 Å². The highest BCUT2D eigenvalue weighted by molar-refractivity contribution is 5.91. The Bertz CT molecular complexity index is 803. The van der Waals surface area contributed by atoms with Gasteiger partial charge in [0.1, 0.15) is 22.8 Å². The maximum Gasteiger partial charge on any atom is 0.412 e. The smallest absolute Gasteiger partial charge is 0.412 e. The number of amides is 2. The maximum absolute atomic E-state index is 14.1. The van der Waals surface area contributed by atoms with Crippen LogP contribution in [0.1, 0.15) is 31.3 Å². The molecule has 2 aromatic rings. The number of benzene rings is 1. The van der Waals surface area contributed by atoms with Crippen LogP contribution < -0.4 is 15.8 Å². The highest BCUT2D eigenvalue weighted by Crippen LogP contribution is 2.26. The van der Waals surface area contributed by atoms with Crippen LogP contribution in [0.5, 0.6) is 11.5 Å². The summed E-state index contributed by atoms with van der Waals surface area (Å²) in [6.07, 6.45) is 0.588. The van der Waals surface area contributed by atoms with Gasteiger partial charge in [-0.05, 0) is 39.0 Å². The van der Waals surface area contributed by atoms with E-state index in [1.54, 1.807) is 20.8 Å². The van der Waals surface area contributed by atoms with Gasteiger partial charge in [0.15, 0.2) is 5.82 Å². The van der Waals surface area contributed by atoms with Gasteiger partial charge in [0.2, 0.25) is 0 Å². The second-order valence-corrected chi connectivity index (χ2v) is 6.11. The molecule has 1 aromatic heterocycles. The summed E-state index contributed by atoms with van der Waals surface area (Å²) in [5.74, 6) is -0.953. The van der Waals surface area contributed by atoms with Crippen molar-refractivity contribution in [2.45, 2.75) is 26.4 Å². The van der Waals surface area contributed by atoms with E-state index in [-0.39, 0.29) is 22.9 Å². The van der Waals surface area contributed by atoms with Crippen molar-refractivity contribution in [3.05, 3.63) is 48.0 Å². The third-order valence-electron chi connectivity index (χ3n) is 2.80. The molecule has 3 N–H and O–H groups in total. The number of halogens is 1. The predicted octanol–water partition coefficient (Wildman–Crippen LogP) is 3.46. The van der Waals surface area contributed by atoms with E-state index >= 15 is 0 Å². The average Bonchev–Trinajstić information content (AvgIpc) is 2.48. The van der Waals surface area contributed by atoms with E-state index < -0.39 is 23.4 Å². The number of ether oxygens (including phenoxy) is 2. The van der Waals surface area contributed by atoms with Crippen molar-refractivity contribution in [1.29, 1.82) is 0 Å². The van der Waals surface area contributed by atoms with Crippen LogP contribution in [-0.2, 0) is 4.74 Å². The fraction of sp³-hybridized carbons (Fsp3) is 0.235. The molecule has 0 aliphatic heterocycles. The van der Waals surface area contributed by atoms with Crippen molar-refractivity contribution in [3.63, 3.8) is 0 Å². The van der Waals surface area contributed by atoms with Crippen LogP contribution in [0.3, 0.4) is 0 Å². The molecule has 132 valence electrons. The summed E-state index contributed by atoms with van der Waals surface area (Å²) in [4.78, 5) is 26.6. The number of primary amides is 1. The Morgan fingerprint density at radius 1 is 1.16 bits per heavy atom. The molecule has 0 spiro atoms. The van der Waals surface area contributed by atoms with Crippen molar-refractivity contribution in [2.75, 3.05) is 5.32 Å². The number of nitrogens with one attached hydrogen (secondary N) is 1. The first-order valence-electron chi connectivity index (χ1n) is 7.37. The molecule has 0 atom stereocenters. The van der Waals surface area contributed by atoms with Crippen LogP contribution in [0.25, 0.3) is 0 Å². The van der Waals surface area contributed by atoms with E-state index in [2.05, 4.69) is 10.3 Å². The molecule has 1 aromatic carbocycles. The zero-order chi connectivity index (χ0) is 18.6. The number of nitrogens with zero attached hydrogens (tertiary/aromatic N) is 1. The molecule has 0 bridgehead atoms. The van der Waals surface area contributed by atoms with Crippen molar-refractivity contribution >= 4 is 17.7 Å². The first-order valence-corrected chi connectivity index (χ1v) is 7.37. The Balaban J connectivity index is 2.10. The van der Waals surface area contributed by atoms with Crippen LogP contribution >= 0.6 is 0 Å². The molecule has 0 aliphatic carbocycles. The molecule has 2 amide bonds. The largest absolute Gasteiger partial charge is 0.457 e. The lowest BCUT2D eigenvalue weighted by Crippen LogP contribution is -2.27. The minimum absolute atomic E-state index is 0.0289. The van der Waals surface area contributed by atoms with Crippen molar-refractivity contribution in [1.82, 2.24) is 4.98 Å². The second-order valence-electron chi connectivity index (χ2n) is 6.11. The zero-order valence-electron chi connectivity index (χ0n) is 14.0. The quantitative estimate of drug-likeness (QED) is 0.881. The third-order valence-corrected chi connectivity index (χ3v) is 2.80. The van der Waals surface area contributed by atoms with Gasteiger partial charge in [-0.15, -0.1) is 0 Å². The first-order chi connectivity index (χ1) is 11.6. The van der Waals surface area contributed by atoms with E-state index in [0.717, 1.165) is 6.07 Å². The van der Waals surface area contributed by atoms with Crippen molar-refractivity contribution < 1.29 is 23.5 Å². The Kier molecular flexibility index (Phi) is 5.21. The van der Waals surface area contributed by atoms with Crippen molar-refractivity contribution in [2.24, 2.45) is 5.73 Å². The minimum atomic E-state index is -0.764. The highest BCUT2D eigenvalue weighted by Gasteiger charge is 2.17. The number of pyridine rings is 1. The van der Waals surface area contributed by atoms with Crippen LogP contribution in [0.4, 0.5) is 14.9 Å². The third kappa shape index (κ3) is 5.45. The molecule has 0 aliphatic rings. The topological polar surface area (TPSA) is 104 Å². The van der Waals surface area contributed by atoms with Gasteiger partial charge in [0, 0.05) is 18.3 Å². The first kappa shape index (κ1) is 18.2. The number of anilines is 1. The van der Waals surface area contributed by atoms with Gasteiger partial charge < -0.3 is 15.2 Å². The molecule has 0 saturated heterocycles. The van der Waals surface area contributed by atoms with E-state index in [0.29, 0.717) is 0 Å². The molecular formula is C17H18FN3O4. The Morgan fingerprint density at radius 3 is 2.44 bits per heavy atom. The highest BCUT2D eigenvalue weighted by atomic mass is 19.1. The molecule has 2 rings (SSSR count). The molecule has 0 fully saturated rings. The van der Waals surface area contributed by atoms with Gasteiger partial charge in [-0.2, -0.15) is 0 Å². The monoisotopic (exact) mass is 347 g/mol. The summed E-state index contributed by atoms with van der Waals surface area (Å²) in [6, 6.07) is 6.73. The minimum Gasteiger partial charge on any atom is -0.457 e. The normalized spacial score (nSPS) is 10.9. The number of hydrogen-bond donors (Lipinski definition) is 2. The van der Waals surface area contributed by atoms with Crippen LogP contribution in [-0.4, -0.2) is 22.6 Å². The van der Waals surface area contributed by atoms with Gasteiger partial charge >= 0.3 is 6.09 Å². The lowest BCUT2D eigenvalue weighted by Gasteiger charge is -2.19. The standard InChI is InChI=1S/C17H18FN3O4/c1-17(2,3)25-16(23)21-13-5-4-10(8-12(13)18)24-11-6-7-20-14(9-11)15(19)22/h4-9H,1-3H3,(H2,19,22)(H,21,23). The fourth-order valence-electron chi connectivity index (χ4n) is 1.82. The molecule has 0 saturated carbocycles. The fourth-order valence-corrected chi connectivity index (χ4v) is 1.82. The summed E-state index contributed by atoms with van der Waals surface area (Å²) >= 11 is 0. The molecular weight excluding hydrogens is 329 g/mol. The zero-order valence-corrected chi connectivity index (χ0v) is 14.0. The molecule has 8 heteroatoms. The molecule has 7 nitrogen and oxygen atoms in total. The van der Waals surface area contributed by atoms with E-state index in [1.165, 1.54) is 30.5 Å². The Morgan fingerprint density at radius 2 is 1.84 bits per heavy atom. The maximum atomic E-state index is 14.1. The summed E-state index contributed by atoms with van der Waals surface area (Å²) in [7, 11) is 0. The number of carbonyl (C=O) groups excluding carboxylic acids is 2. The second kappa shape index (κ2) is 7.16. The SMILES string of the molecule is CC(C)(C)OC(=O)Nc1ccc(Oc2ccnc(C(N)=O)c2)cc1F. The summed E-state index contributed by atoms with van der Waals surface area (Å²) in [6.45, 7) is 5.11. The van der Waals surface area contributed by atoms with Gasteiger partial charge in [0.25, 0.3) is 5.91 Å². The van der Waals surface area contributed by atoms with Crippen molar-refractivity contribution in [3.8, 4) is 11.5 Å². The number of nitrogens with two attached hydrogens (primary N) is 1. The van der Waals surface area contributed by atoms with Gasteiger partial charge in [-0.25, -0.2) is 9.18 Å². The molecule has 0 unspecified atom stereocenters. The molecule has 25 heavy (non-hydrogen) atoms. The lowest BCUT2D eigenvalue weighted by atomic mass is 10.2. The molecule has 0 radical (unpaired) electrons. The Labute approximate surface area is 144 Å².